The highest BCUT2D eigenvalue weighted by molar-refractivity contribution is 6.23. The molecule has 3 aromatic carbocycles. The fraction of sp³-hybridized carbons (Fsp3) is 0.172. The lowest BCUT2D eigenvalue weighted by Gasteiger charge is -2.51. The summed E-state index contributed by atoms with van der Waals surface area (Å²) >= 11 is 0. The van der Waals surface area contributed by atoms with E-state index in [1.54, 1.807) is 0 Å². The molecule has 3 aliphatic heterocycles. The minimum Gasteiger partial charge on any atom is -0.350 e. The summed E-state index contributed by atoms with van der Waals surface area (Å²) in [7, 11) is 0. The van der Waals surface area contributed by atoms with E-state index < -0.39 is 11.8 Å². The Morgan fingerprint density at radius 2 is 1.21 bits per heavy atom. The second kappa shape index (κ2) is 7.79. The molecule has 0 saturated carbocycles. The van der Waals surface area contributed by atoms with Crippen LogP contribution in [0.25, 0.3) is 0 Å². The number of amides is 2. The number of anilines is 2. The highest BCUT2D eigenvalue weighted by Gasteiger charge is 2.62. The summed E-state index contributed by atoms with van der Waals surface area (Å²) in [4.78, 5) is 30.8. The van der Waals surface area contributed by atoms with Crippen molar-refractivity contribution < 1.29 is 9.59 Å². The fourth-order valence-corrected chi connectivity index (χ4v) is 5.51. The van der Waals surface area contributed by atoms with Crippen molar-refractivity contribution in [3.05, 3.63) is 109 Å². The van der Waals surface area contributed by atoms with Crippen molar-refractivity contribution in [2.45, 2.75) is 12.1 Å². The highest BCUT2D eigenvalue weighted by atomic mass is 16.2. The van der Waals surface area contributed by atoms with Crippen molar-refractivity contribution >= 4 is 23.2 Å². The number of carbonyl (C=O) groups excluding carboxylic acids is 2. The summed E-state index contributed by atoms with van der Waals surface area (Å²) in [6, 6.07) is 28.8. The van der Waals surface area contributed by atoms with Crippen LogP contribution in [0.1, 0.15) is 5.56 Å². The van der Waals surface area contributed by atoms with Gasteiger partial charge >= 0.3 is 0 Å². The molecule has 4 heteroatoms. The molecule has 0 unspecified atom stereocenters. The Bertz CT molecular complexity index is 1290. The van der Waals surface area contributed by atoms with Gasteiger partial charge in [0.15, 0.2) is 0 Å². The predicted octanol–water partition coefficient (Wildman–Crippen LogP) is 4.29. The third kappa shape index (κ3) is 3.08. The van der Waals surface area contributed by atoms with Crippen LogP contribution < -0.4 is 9.80 Å². The van der Waals surface area contributed by atoms with Crippen molar-refractivity contribution in [1.29, 1.82) is 0 Å². The van der Waals surface area contributed by atoms with Crippen LogP contribution >= 0.6 is 0 Å². The van der Waals surface area contributed by atoms with Gasteiger partial charge in [-0.1, -0.05) is 78.6 Å². The minimum atomic E-state index is -0.414. The van der Waals surface area contributed by atoms with Crippen LogP contribution in [0.15, 0.2) is 103 Å². The molecule has 3 heterocycles. The molecule has 0 N–H and O–H groups in total. The van der Waals surface area contributed by atoms with Crippen LogP contribution in [0.2, 0.25) is 0 Å². The summed E-state index contributed by atoms with van der Waals surface area (Å²) in [5.74, 6) is 5.56. The monoisotopic (exact) mass is 430 g/mol. The number of nitrogens with zero attached hydrogens (tertiary/aromatic N) is 2. The van der Waals surface area contributed by atoms with Gasteiger partial charge in [-0.25, -0.2) is 4.90 Å². The maximum absolute atomic E-state index is 13.6. The molecular formula is C29H22N2O2. The number of piperidine rings is 1. The van der Waals surface area contributed by atoms with Crippen molar-refractivity contribution in [3.8, 4) is 11.8 Å². The Labute approximate surface area is 193 Å². The quantitative estimate of drug-likeness (QED) is 0.346. The highest BCUT2D eigenvalue weighted by Crippen LogP contribution is 2.50. The van der Waals surface area contributed by atoms with E-state index in [4.69, 9.17) is 0 Å². The van der Waals surface area contributed by atoms with Gasteiger partial charge in [0.2, 0.25) is 11.8 Å². The predicted molar refractivity (Wildman–Crippen MR) is 128 cm³/mol. The summed E-state index contributed by atoms with van der Waals surface area (Å²) in [5.41, 5.74) is 2.59. The molecule has 2 fully saturated rings. The van der Waals surface area contributed by atoms with Gasteiger partial charge < -0.3 is 4.90 Å². The molecule has 0 radical (unpaired) electrons. The number of hydrogen-bond acceptors (Lipinski definition) is 3. The van der Waals surface area contributed by atoms with Crippen LogP contribution in [0.3, 0.4) is 0 Å². The second-order valence-corrected chi connectivity index (χ2v) is 8.67. The molecule has 33 heavy (non-hydrogen) atoms. The Balaban J connectivity index is 1.45. The van der Waals surface area contributed by atoms with E-state index in [-0.39, 0.29) is 29.8 Å². The normalized spacial score (nSPS) is 27.3. The zero-order valence-corrected chi connectivity index (χ0v) is 17.9. The molecule has 2 bridgehead atoms. The topological polar surface area (TPSA) is 40.6 Å². The Morgan fingerprint density at radius 3 is 1.88 bits per heavy atom. The molecule has 3 aromatic rings. The first kappa shape index (κ1) is 19.6. The molecule has 1 aliphatic carbocycles. The lowest BCUT2D eigenvalue weighted by atomic mass is 9.66. The smallest absolute Gasteiger partial charge is 0.240 e. The zero-order chi connectivity index (χ0) is 22.4. The first-order valence-corrected chi connectivity index (χ1v) is 11.3. The summed E-state index contributed by atoms with van der Waals surface area (Å²) in [6.07, 6.45) is 4.20. The van der Waals surface area contributed by atoms with Crippen molar-refractivity contribution in [2.75, 3.05) is 9.80 Å². The number of imide groups is 1. The van der Waals surface area contributed by atoms with Gasteiger partial charge in [0.1, 0.15) is 0 Å². The van der Waals surface area contributed by atoms with Gasteiger partial charge in [0.25, 0.3) is 0 Å². The third-order valence-electron chi connectivity index (χ3n) is 6.90. The first-order chi connectivity index (χ1) is 16.2. The third-order valence-corrected chi connectivity index (χ3v) is 6.90. The summed E-state index contributed by atoms with van der Waals surface area (Å²) < 4.78 is 0. The molecule has 160 valence electrons. The lowest BCUT2D eigenvalue weighted by Crippen LogP contribution is -2.61. The molecular weight excluding hydrogens is 408 g/mol. The second-order valence-electron chi connectivity index (χ2n) is 8.67. The first-order valence-electron chi connectivity index (χ1n) is 11.3. The maximum atomic E-state index is 13.6. The van der Waals surface area contributed by atoms with Gasteiger partial charge in [-0.2, -0.15) is 0 Å². The van der Waals surface area contributed by atoms with E-state index in [2.05, 4.69) is 41.0 Å². The molecule has 0 aromatic heterocycles. The fourth-order valence-electron chi connectivity index (χ4n) is 5.51. The Kier molecular flexibility index (Phi) is 4.62. The molecule has 4 aliphatic rings. The molecule has 2 saturated heterocycles. The molecule has 4 nitrogen and oxygen atoms in total. The van der Waals surface area contributed by atoms with E-state index >= 15 is 0 Å². The number of para-hydroxylation sites is 2. The maximum Gasteiger partial charge on any atom is 0.240 e. The average Bonchev–Trinajstić information content (AvgIpc) is 3.16. The largest absolute Gasteiger partial charge is 0.350 e. The van der Waals surface area contributed by atoms with Crippen molar-refractivity contribution in [1.82, 2.24) is 0 Å². The van der Waals surface area contributed by atoms with Gasteiger partial charge in [-0.3, -0.25) is 9.59 Å². The number of fused-ring (bicyclic) bond motifs is 1. The number of rotatable bonds is 2. The van der Waals surface area contributed by atoms with Crippen LogP contribution in [0.4, 0.5) is 11.4 Å². The summed E-state index contributed by atoms with van der Waals surface area (Å²) in [6.45, 7) is 0. The van der Waals surface area contributed by atoms with E-state index in [9.17, 15) is 9.59 Å². The van der Waals surface area contributed by atoms with Crippen LogP contribution in [0.5, 0.6) is 0 Å². The number of benzene rings is 3. The number of carbonyl (C=O) groups is 2. The summed E-state index contributed by atoms with van der Waals surface area (Å²) in [5, 5.41) is 0. The average molecular weight is 431 g/mol. The molecule has 5 atom stereocenters. The van der Waals surface area contributed by atoms with Crippen LogP contribution in [-0.4, -0.2) is 23.9 Å². The molecule has 0 spiro atoms. The Morgan fingerprint density at radius 1 is 0.636 bits per heavy atom. The van der Waals surface area contributed by atoms with Gasteiger partial charge in [-0.15, -0.1) is 0 Å². The van der Waals surface area contributed by atoms with E-state index in [0.717, 1.165) is 11.3 Å². The van der Waals surface area contributed by atoms with Crippen molar-refractivity contribution in [3.63, 3.8) is 0 Å². The molecule has 7 rings (SSSR count). The van der Waals surface area contributed by atoms with Gasteiger partial charge in [-0.05, 0) is 36.4 Å². The van der Waals surface area contributed by atoms with Gasteiger partial charge in [0.05, 0.1) is 29.6 Å². The van der Waals surface area contributed by atoms with E-state index in [1.165, 1.54) is 4.90 Å². The van der Waals surface area contributed by atoms with Crippen LogP contribution in [-0.2, 0) is 9.59 Å². The molecule has 2 amide bonds. The number of hydrogen-bond donors (Lipinski definition) is 0. The van der Waals surface area contributed by atoms with Crippen molar-refractivity contribution in [2.24, 2.45) is 17.8 Å². The van der Waals surface area contributed by atoms with E-state index in [0.29, 0.717) is 5.69 Å². The SMILES string of the molecule is O=C1[C@H]2[C@H]3C=C[C@@H]([C@H]2C(=O)N1c1ccccc1)N(c1ccccc1)[C@@H]3C#Cc1ccccc1. The van der Waals surface area contributed by atoms with E-state index in [1.807, 2.05) is 78.9 Å². The minimum absolute atomic E-state index is 0.116. The standard InChI is InChI=1S/C29H22N2O2/c32-28-26-23-17-19-25(27(26)29(33)31(28)22-14-8-3-9-15-22)30(21-12-6-2-7-13-21)24(23)18-16-20-10-4-1-5-11-20/h1-15,17,19,23-27H/t23-,24+,25-,26-,27+/m0/s1. The zero-order valence-electron chi connectivity index (χ0n) is 17.9. The van der Waals surface area contributed by atoms with Gasteiger partial charge in [0, 0.05) is 17.2 Å². The Hall–Kier alpha value is -4.10. The lowest BCUT2D eigenvalue weighted by molar-refractivity contribution is -0.123. The van der Waals surface area contributed by atoms with Crippen LogP contribution in [0, 0.1) is 29.6 Å².